The van der Waals surface area contributed by atoms with Gasteiger partial charge in [0.25, 0.3) is 5.91 Å². The van der Waals surface area contributed by atoms with E-state index in [-0.39, 0.29) is 18.4 Å². The lowest BCUT2D eigenvalue weighted by Crippen LogP contribution is -2.66. The third kappa shape index (κ3) is 2.32. The Balaban J connectivity index is 2.37. The van der Waals surface area contributed by atoms with Crippen molar-refractivity contribution in [2.24, 2.45) is 0 Å². The highest BCUT2D eigenvalue weighted by Gasteiger charge is 2.44. The number of aromatic nitrogens is 1. The lowest BCUT2D eigenvalue weighted by molar-refractivity contribution is -0.136. The van der Waals surface area contributed by atoms with Crippen molar-refractivity contribution in [2.75, 3.05) is 11.4 Å². The Morgan fingerprint density at radius 3 is 2.53 bits per heavy atom. The molecule has 2 rings (SSSR count). The van der Waals surface area contributed by atoms with Gasteiger partial charge in [0, 0.05) is 5.69 Å². The van der Waals surface area contributed by atoms with E-state index in [2.05, 4.69) is 10.3 Å². The molecule has 5 heteroatoms. The monoisotopic (exact) mass is 261 g/mol. The number of nitrogens with zero attached hydrogens (tertiary/aromatic N) is 2. The van der Waals surface area contributed by atoms with Gasteiger partial charge in [0.2, 0.25) is 5.91 Å². The molecule has 19 heavy (non-hydrogen) atoms. The molecule has 1 fully saturated rings. The van der Waals surface area contributed by atoms with Crippen LogP contribution < -0.4 is 10.2 Å². The predicted octanol–water partition coefficient (Wildman–Crippen LogP) is 1.41. The number of pyridine rings is 1. The molecule has 0 saturated carbocycles. The van der Waals surface area contributed by atoms with Crippen LogP contribution in [0.5, 0.6) is 0 Å². The van der Waals surface area contributed by atoms with E-state index in [9.17, 15) is 9.59 Å². The summed E-state index contributed by atoms with van der Waals surface area (Å²) in [6, 6.07) is 3.67. The van der Waals surface area contributed by atoms with Gasteiger partial charge in [-0.15, -0.1) is 0 Å². The van der Waals surface area contributed by atoms with Crippen molar-refractivity contribution in [3.8, 4) is 0 Å². The molecule has 0 spiro atoms. The third-order valence-corrected chi connectivity index (χ3v) is 3.75. The van der Waals surface area contributed by atoms with E-state index in [1.165, 1.54) is 4.90 Å². The van der Waals surface area contributed by atoms with Gasteiger partial charge in [-0.1, -0.05) is 13.8 Å². The Bertz CT molecular complexity index is 492. The first-order valence-corrected chi connectivity index (χ1v) is 6.58. The van der Waals surface area contributed by atoms with Gasteiger partial charge in [0.1, 0.15) is 12.1 Å². The average molecular weight is 261 g/mol. The molecule has 0 unspecified atom stereocenters. The van der Waals surface area contributed by atoms with Gasteiger partial charge >= 0.3 is 0 Å². The molecule has 5 nitrogen and oxygen atoms in total. The number of hydrogen-bond acceptors (Lipinski definition) is 3. The number of hydrogen-bond donors (Lipinski definition) is 1. The summed E-state index contributed by atoms with van der Waals surface area (Å²) in [7, 11) is 0. The number of rotatable bonds is 3. The number of piperazine rings is 1. The summed E-state index contributed by atoms with van der Waals surface area (Å²) in [5, 5.41) is 2.84. The fraction of sp³-hybridized carbons (Fsp3) is 0.500. The van der Waals surface area contributed by atoms with Crippen molar-refractivity contribution >= 4 is 17.5 Å². The number of nitrogens with one attached hydrogen (secondary N) is 1. The molecule has 0 radical (unpaired) electrons. The van der Waals surface area contributed by atoms with Crippen LogP contribution in [0.1, 0.15) is 32.4 Å². The molecule has 1 saturated heterocycles. The van der Waals surface area contributed by atoms with Crippen molar-refractivity contribution < 1.29 is 9.59 Å². The molecule has 0 bridgehead atoms. The van der Waals surface area contributed by atoms with Crippen molar-refractivity contribution in [1.29, 1.82) is 0 Å². The van der Waals surface area contributed by atoms with Gasteiger partial charge in [-0.3, -0.25) is 19.5 Å². The van der Waals surface area contributed by atoms with Crippen LogP contribution in [-0.2, 0) is 9.59 Å². The molecule has 0 atom stereocenters. The number of carbonyl (C=O) groups is 2. The molecule has 1 aromatic heterocycles. The van der Waals surface area contributed by atoms with Crippen LogP contribution in [0.4, 0.5) is 5.69 Å². The maximum Gasteiger partial charge on any atom is 0.253 e. The number of amides is 2. The summed E-state index contributed by atoms with van der Waals surface area (Å²) < 4.78 is 0. The van der Waals surface area contributed by atoms with Gasteiger partial charge in [-0.25, -0.2) is 0 Å². The molecule has 2 heterocycles. The van der Waals surface area contributed by atoms with Crippen LogP contribution in [0, 0.1) is 6.92 Å². The smallest absolute Gasteiger partial charge is 0.253 e. The molecule has 0 aliphatic carbocycles. The topological polar surface area (TPSA) is 62.3 Å². The van der Waals surface area contributed by atoms with Crippen LogP contribution in [-0.4, -0.2) is 28.9 Å². The highest BCUT2D eigenvalue weighted by Crippen LogP contribution is 2.26. The van der Waals surface area contributed by atoms with Crippen LogP contribution >= 0.6 is 0 Å². The minimum Gasteiger partial charge on any atom is -0.340 e. The molecular weight excluding hydrogens is 242 g/mol. The van der Waals surface area contributed by atoms with Crippen molar-refractivity contribution in [2.45, 2.75) is 39.2 Å². The van der Waals surface area contributed by atoms with Crippen LogP contribution in [0.15, 0.2) is 18.3 Å². The van der Waals surface area contributed by atoms with E-state index in [0.717, 1.165) is 5.69 Å². The molecule has 1 N–H and O–H groups in total. The molecule has 1 aromatic rings. The minimum absolute atomic E-state index is 0.0530. The molecular formula is C14H19N3O2. The number of aryl methyl sites for hydroxylation is 1. The van der Waals surface area contributed by atoms with E-state index >= 15 is 0 Å². The fourth-order valence-corrected chi connectivity index (χ4v) is 2.39. The zero-order valence-electron chi connectivity index (χ0n) is 11.6. The second-order valence-electron chi connectivity index (χ2n) is 4.89. The maximum atomic E-state index is 12.6. The quantitative estimate of drug-likeness (QED) is 0.895. The molecule has 1 aliphatic rings. The lowest BCUT2D eigenvalue weighted by Gasteiger charge is -2.41. The first kappa shape index (κ1) is 13.5. The lowest BCUT2D eigenvalue weighted by atomic mass is 9.88. The zero-order valence-corrected chi connectivity index (χ0v) is 11.6. The Labute approximate surface area is 113 Å². The maximum absolute atomic E-state index is 12.6. The summed E-state index contributed by atoms with van der Waals surface area (Å²) in [4.78, 5) is 30.2. The predicted molar refractivity (Wildman–Crippen MR) is 72.8 cm³/mol. The highest BCUT2D eigenvalue weighted by atomic mass is 16.2. The van der Waals surface area contributed by atoms with E-state index in [1.807, 2.05) is 32.9 Å². The zero-order chi connectivity index (χ0) is 14.0. The first-order chi connectivity index (χ1) is 9.02. The van der Waals surface area contributed by atoms with E-state index in [1.54, 1.807) is 6.20 Å². The fourth-order valence-electron chi connectivity index (χ4n) is 2.39. The summed E-state index contributed by atoms with van der Waals surface area (Å²) >= 11 is 0. The normalized spacial score (nSPS) is 18.4. The standard InChI is InChI=1S/C14H19N3O2/c1-4-14(5-2)13(19)17(9-12(18)16-14)11-7-6-10(3)15-8-11/h6-8H,4-5,9H2,1-3H3,(H,16,18). The van der Waals surface area contributed by atoms with Gasteiger partial charge < -0.3 is 5.32 Å². The van der Waals surface area contributed by atoms with Gasteiger partial charge in [0.05, 0.1) is 11.9 Å². The minimum atomic E-state index is -0.778. The number of anilines is 1. The first-order valence-electron chi connectivity index (χ1n) is 6.58. The SMILES string of the molecule is CCC1(CC)NC(=O)CN(c2ccc(C)nc2)C1=O. The second kappa shape index (κ2) is 4.99. The van der Waals surface area contributed by atoms with Gasteiger partial charge in [0.15, 0.2) is 0 Å². The molecule has 0 aromatic carbocycles. The Morgan fingerprint density at radius 2 is 2.00 bits per heavy atom. The Hall–Kier alpha value is -1.91. The molecule has 102 valence electrons. The van der Waals surface area contributed by atoms with Crippen LogP contribution in [0.2, 0.25) is 0 Å². The summed E-state index contributed by atoms with van der Waals surface area (Å²) in [5.74, 6) is -0.174. The Kier molecular flexibility index (Phi) is 3.55. The van der Waals surface area contributed by atoms with E-state index < -0.39 is 5.54 Å². The highest BCUT2D eigenvalue weighted by molar-refractivity contribution is 6.09. The molecule has 1 aliphatic heterocycles. The summed E-state index contributed by atoms with van der Waals surface area (Å²) in [6.07, 6.45) is 2.82. The van der Waals surface area contributed by atoms with Crippen molar-refractivity contribution in [3.05, 3.63) is 24.0 Å². The second-order valence-corrected chi connectivity index (χ2v) is 4.89. The number of carbonyl (C=O) groups excluding carboxylic acids is 2. The van der Waals surface area contributed by atoms with Gasteiger partial charge in [-0.05, 0) is 31.9 Å². The van der Waals surface area contributed by atoms with Crippen LogP contribution in [0.3, 0.4) is 0 Å². The van der Waals surface area contributed by atoms with Crippen molar-refractivity contribution in [3.63, 3.8) is 0 Å². The van der Waals surface area contributed by atoms with E-state index in [4.69, 9.17) is 0 Å². The van der Waals surface area contributed by atoms with Crippen LogP contribution in [0.25, 0.3) is 0 Å². The largest absolute Gasteiger partial charge is 0.340 e. The summed E-state index contributed by atoms with van der Waals surface area (Å²) in [6.45, 7) is 5.78. The average Bonchev–Trinajstić information content (AvgIpc) is 2.42. The van der Waals surface area contributed by atoms with Gasteiger partial charge in [-0.2, -0.15) is 0 Å². The molecule has 2 amide bonds. The third-order valence-electron chi connectivity index (χ3n) is 3.75. The Morgan fingerprint density at radius 1 is 1.32 bits per heavy atom. The summed E-state index contributed by atoms with van der Waals surface area (Å²) in [5.41, 5.74) is 0.784. The van der Waals surface area contributed by atoms with Crippen molar-refractivity contribution in [1.82, 2.24) is 10.3 Å². The van der Waals surface area contributed by atoms with E-state index in [0.29, 0.717) is 18.5 Å².